The maximum Gasteiger partial charge on any atom is 0.236 e. The molecule has 4 nitrogen and oxygen atoms in total. The van der Waals surface area contributed by atoms with Crippen molar-refractivity contribution in [1.82, 2.24) is 15.1 Å². The van der Waals surface area contributed by atoms with E-state index in [4.69, 9.17) is 0 Å². The molecule has 0 aliphatic carbocycles. The molecule has 1 heterocycles. The van der Waals surface area contributed by atoms with Crippen LogP contribution in [0.25, 0.3) is 0 Å². The Balaban J connectivity index is 2.30. The zero-order valence-corrected chi connectivity index (χ0v) is 12.4. The van der Waals surface area contributed by atoms with Crippen LogP contribution in [0.3, 0.4) is 0 Å². The van der Waals surface area contributed by atoms with Crippen LogP contribution in [0.15, 0.2) is 0 Å². The van der Waals surface area contributed by atoms with E-state index in [9.17, 15) is 4.79 Å². The summed E-state index contributed by atoms with van der Waals surface area (Å²) in [5.41, 5.74) is 0. The molecule has 0 saturated carbocycles. The van der Waals surface area contributed by atoms with Gasteiger partial charge in [-0.25, -0.2) is 0 Å². The van der Waals surface area contributed by atoms with Crippen molar-refractivity contribution >= 4 is 5.91 Å². The zero-order valence-electron chi connectivity index (χ0n) is 12.4. The Kier molecular flexibility index (Phi) is 6.65. The van der Waals surface area contributed by atoms with Gasteiger partial charge in [-0.15, -0.1) is 0 Å². The Morgan fingerprint density at radius 3 is 2.83 bits per heavy atom. The van der Waals surface area contributed by atoms with Gasteiger partial charge in [0.2, 0.25) is 5.91 Å². The van der Waals surface area contributed by atoms with Crippen molar-refractivity contribution < 1.29 is 4.79 Å². The molecule has 4 heteroatoms. The van der Waals surface area contributed by atoms with Gasteiger partial charge in [0.15, 0.2) is 0 Å². The lowest BCUT2D eigenvalue weighted by molar-refractivity contribution is -0.129. The standard InChI is InChI=1S/C14H29N3O/c1-5-12(3)15-10-14(18)16(4)11-13-8-7-9-17(13)6-2/h12-13,15H,5-11H2,1-4H3. The van der Waals surface area contributed by atoms with E-state index >= 15 is 0 Å². The van der Waals surface area contributed by atoms with Gasteiger partial charge in [-0.3, -0.25) is 9.69 Å². The second kappa shape index (κ2) is 7.74. The lowest BCUT2D eigenvalue weighted by Crippen LogP contribution is -2.44. The van der Waals surface area contributed by atoms with Crippen molar-refractivity contribution in [2.75, 3.05) is 33.2 Å². The summed E-state index contributed by atoms with van der Waals surface area (Å²) in [5, 5.41) is 3.26. The molecule has 0 aromatic heterocycles. The number of amides is 1. The summed E-state index contributed by atoms with van der Waals surface area (Å²) < 4.78 is 0. The third kappa shape index (κ3) is 4.58. The first kappa shape index (κ1) is 15.4. The van der Waals surface area contributed by atoms with Crippen LogP contribution in [-0.2, 0) is 4.79 Å². The summed E-state index contributed by atoms with van der Waals surface area (Å²) >= 11 is 0. The molecule has 1 amide bonds. The van der Waals surface area contributed by atoms with Gasteiger partial charge in [0, 0.05) is 25.7 Å². The fourth-order valence-electron chi connectivity index (χ4n) is 2.48. The van der Waals surface area contributed by atoms with E-state index in [-0.39, 0.29) is 5.91 Å². The second-order valence-electron chi connectivity index (χ2n) is 5.39. The lowest BCUT2D eigenvalue weighted by atomic mass is 10.2. The van der Waals surface area contributed by atoms with Gasteiger partial charge in [0.1, 0.15) is 0 Å². The number of carbonyl (C=O) groups is 1. The Bertz CT molecular complexity index is 257. The molecule has 0 aromatic rings. The van der Waals surface area contributed by atoms with E-state index in [1.165, 1.54) is 19.4 Å². The number of nitrogens with one attached hydrogen (secondary N) is 1. The van der Waals surface area contributed by atoms with Crippen LogP contribution in [0.5, 0.6) is 0 Å². The molecule has 1 aliphatic heterocycles. The van der Waals surface area contributed by atoms with Crippen molar-refractivity contribution in [3.05, 3.63) is 0 Å². The topological polar surface area (TPSA) is 35.6 Å². The van der Waals surface area contributed by atoms with E-state index in [0.717, 1.165) is 19.5 Å². The molecule has 0 spiro atoms. The first-order valence-corrected chi connectivity index (χ1v) is 7.29. The van der Waals surface area contributed by atoms with Crippen LogP contribution in [0.1, 0.15) is 40.0 Å². The number of carbonyl (C=O) groups excluding carboxylic acids is 1. The maximum absolute atomic E-state index is 12.0. The minimum absolute atomic E-state index is 0.207. The van der Waals surface area contributed by atoms with Gasteiger partial charge in [-0.2, -0.15) is 0 Å². The molecule has 18 heavy (non-hydrogen) atoms. The van der Waals surface area contributed by atoms with Crippen LogP contribution in [0, 0.1) is 0 Å². The minimum Gasteiger partial charge on any atom is -0.343 e. The van der Waals surface area contributed by atoms with Crippen LogP contribution in [-0.4, -0.2) is 61.0 Å². The summed E-state index contributed by atoms with van der Waals surface area (Å²) in [5.74, 6) is 0.207. The van der Waals surface area contributed by atoms with Gasteiger partial charge >= 0.3 is 0 Å². The molecule has 1 fully saturated rings. The Labute approximate surface area is 112 Å². The smallest absolute Gasteiger partial charge is 0.236 e. The second-order valence-corrected chi connectivity index (χ2v) is 5.39. The summed E-state index contributed by atoms with van der Waals surface area (Å²) in [7, 11) is 1.92. The predicted octanol–water partition coefficient (Wildman–Crippen LogP) is 1.32. The Morgan fingerprint density at radius 1 is 1.50 bits per heavy atom. The van der Waals surface area contributed by atoms with Crippen molar-refractivity contribution in [1.29, 1.82) is 0 Å². The summed E-state index contributed by atoms with van der Waals surface area (Å²) in [4.78, 5) is 16.4. The van der Waals surface area contributed by atoms with E-state index in [0.29, 0.717) is 18.6 Å². The molecule has 1 N–H and O–H groups in total. The quantitative estimate of drug-likeness (QED) is 0.745. The fraction of sp³-hybridized carbons (Fsp3) is 0.929. The highest BCUT2D eigenvalue weighted by atomic mass is 16.2. The maximum atomic E-state index is 12.0. The minimum atomic E-state index is 0.207. The number of rotatable bonds is 7. The molecule has 106 valence electrons. The molecule has 2 atom stereocenters. The zero-order chi connectivity index (χ0) is 13.5. The molecule has 1 saturated heterocycles. The largest absolute Gasteiger partial charge is 0.343 e. The van der Waals surface area contributed by atoms with E-state index in [2.05, 4.69) is 31.0 Å². The number of likely N-dealkylation sites (N-methyl/N-ethyl adjacent to an activating group) is 2. The number of likely N-dealkylation sites (tertiary alicyclic amines) is 1. The summed E-state index contributed by atoms with van der Waals surface area (Å²) in [6.07, 6.45) is 3.55. The molecule has 1 rings (SSSR count). The number of hydrogen-bond acceptors (Lipinski definition) is 3. The van der Waals surface area contributed by atoms with Gasteiger partial charge in [0.05, 0.1) is 6.54 Å². The third-order valence-corrected chi connectivity index (χ3v) is 4.03. The molecule has 2 unspecified atom stereocenters. The lowest BCUT2D eigenvalue weighted by Gasteiger charge is -2.28. The van der Waals surface area contributed by atoms with Crippen molar-refractivity contribution in [2.45, 2.75) is 52.1 Å². The Morgan fingerprint density at radius 2 is 2.22 bits per heavy atom. The monoisotopic (exact) mass is 255 g/mol. The van der Waals surface area contributed by atoms with Crippen LogP contribution >= 0.6 is 0 Å². The first-order chi connectivity index (χ1) is 8.58. The van der Waals surface area contributed by atoms with E-state index in [1.807, 2.05) is 11.9 Å². The average Bonchev–Trinajstić information content (AvgIpc) is 2.82. The molecule has 1 aliphatic rings. The van der Waals surface area contributed by atoms with Crippen molar-refractivity contribution in [3.8, 4) is 0 Å². The fourth-order valence-corrected chi connectivity index (χ4v) is 2.48. The first-order valence-electron chi connectivity index (χ1n) is 7.29. The van der Waals surface area contributed by atoms with Crippen molar-refractivity contribution in [3.63, 3.8) is 0 Å². The molecular weight excluding hydrogens is 226 g/mol. The summed E-state index contributed by atoms with van der Waals surface area (Å²) in [6.45, 7) is 10.1. The normalized spacial score (nSPS) is 22.1. The predicted molar refractivity (Wildman–Crippen MR) is 75.7 cm³/mol. The number of nitrogens with zero attached hydrogens (tertiary/aromatic N) is 2. The molecule has 0 radical (unpaired) electrons. The molecule has 0 bridgehead atoms. The third-order valence-electron chi connectivity index (χ3n) is 4.03. The average molecular weight is 255 g/mol. The van der Waals surface area contributed by atoms with Gasteiger partial charge < -0.3 is 10.2 Å². The molecular formula is C14H29N3O. The van der Waals surface area contributed by atoms with Crippen LogP contribution in [0.2, 0.25) is 0 Å². The van der Waals surface area contributed by atoms with Crippen LogP contribution in [0.4, 0.5) is 0 Å². The number of hydrogen-bond donors (Lipinski definition) is 1. The SMILES string of the molecule is CCC(C)NCC(=O)N(C)CC1CCCN1CC. The highest BCUT2D eigenvalue weighted by Crippen LogP contribution is 2.17. The Hall–Kier alpha value is -0.610. The van der Waals surface area contributed by atoms with E-state index < -0.39 is 0 Å². The van der Waals surface area contributed by atoms with Gasteiger partial charge in [0.25, 0.3) is 0 Å². The molecule has 0 aromatic carbocycles. The summed E-state index contributed by atoms with van der Waals surface area (Å²) in [6, 6.07) is 0.980. The van der Waals surface area contributed by atoms with Gasteiger partial charge in [-0.05, 0) is 39.3 Å². The van der Waals surface area contributed by atoms with Crippen LogP contribution < -0.4 is 5.32 Å². The highest BCUT2D eigenvalue weighted by molar-refractivity contribution is 5.78. The highest BCUT2D eigenvalue weighted by Gasteiger charge is 2.25. The van der Waals surface area contributed by atoms with E-state index in [1.54, 1.807) is 0 Å². The van der Waals surface area contributed by atoms with Gasteiger partial charge in [-0.1, -0.05) is 13.8 Å². The van der Waals surface area contributed by atoms with Crippen molar-refractivity contribution in [2.24, 2.45) is 0 Å².